The first-order chi connectivity index (χ1) is 10.0. The number of hydrogen-bond acceptors (Lipinski definition) is 7. The van der Waals surface area contributed by atoms with Crippen LogP contribution in [-0.4, -0.2) is 56.3 Å². The Kier molecular flexibility index (Phi) is 5.32. The van der Waals surface area contributed by atoms with Crippen LogP contribution in [0.1, 0.15) is 34.2 Å². The minimum atomic E-state index is -0.345. The molecule has 1 aliphatic heterocycles. The molecular weight excluding hydrogens is 290 g/mol. The Balaban J connectivity index is 2.31. The van der Waals surface area contributed by atoms with Gasteiger partial charge in [0.05, 0.1) is 24.9 Å². The van der Waals surface area contributed by atoms with Gasteiger partial charge in [-0.05, 0) is 13.8 Å². The Labute approximate surface area is 129 Å². The largest absolute Gasteiger partial charge is 0.465 e. The lowest BCUT2D eigenvalue weighted by Crippen LogP contribution is -2.51. The number of aromatic nitrogens is 1. The highest BCUT2D eigenvalue weighted by molar-refractivity contribution is 7.13. The zero-order valence-electron chi connectivity index (χ0n) is 13.1. The summed E-state index contributed by atoms with van der Waals surface area (Å²) in [5.41, 5.74) is 0.453. The monoisotopic (exact) mass is 313 g/mol. The van der Waals surface area contributed by atoms with E-state index in [0.29, 0.717) is 17.2 Å². The van der Waals surface area contributed by atoms with E-state index >= 15 is 0 Å². The van der Waals surface area contributed by atoms with Gasteiger partial charge in [-0.3, -0.25) is 4.90 Å². The van der Waals surface area contributed by atoms with Gasteiger partial charge in [-0.15, -0.1) is 11.3 Å². The minimum absolute atomic E-state index is 0.207. The number of carbonyl (C=O) groups is 1. The van der Waals surface area contributed by atoms with E-state index in [9.17, 15) is 4.79 Å². The number of nitrogens with one attached hydrogen (secondary N) is 1. The lowest BCUT2D eigenvalue weighted by molar-refractivity contribution is 0.0601. The number of thiazole rings is 1. The summed E-state index contributed by atoms with van der Waals surface area (Å²) in [6, 6.07) is 0. The van der Waals surface area contributed by atoms with Crippen molar-refractivity contribution in [3.8, 4) is 0 Å². The highest BCUT2D eigenvalue weighted by Crippen LogP contribution is 2.33. The van der Waals surface area contributed by atoms with Crippen LogP contribution in [0.3, 0.4) is 0 Å². The molecule has 0 aliphatic carbocycles. The van der Waals surface area contributed by atoms with E-state index < -0.39 is 0 Å². The van der Waals surface area contributed by atoms with Crippen LogP contribution < -0.4 is 5.32 Å². The standard InChI is InChI=1S/C14H23N3O3S/c1-14(2,17-7-5-15-6-8-17)13-16-10(9-19-3)11(21-13)12(18)20-4/h15H,5-9H2,1-4H3. The number of hydrogen-bond donors (Lipinski definition) is 1. The van der Waals surface area contributed by atoms with E-state index in [-0.39, 0.29) is 11.5 Å². The average molecular weight is 313 g/mol. The summed E-state index contributed by atoms with van der Waals surface area (Å²) >= 11 is 1.41. The molecule has 21 heavy (non-hydrogen) atoms. The maximum atomic E-state index is 11.9. The van der Waals surface area contributed by atoms with Gasteiger partial charge in [0, 0.05) is 33.3 Å². The number of carbonyl (C=O) groups excluding carboxylic acids is 1. The van der Waals surface area contributed by atoms with Gasteiger partial charge in [-0.25, -0.2) is 9.78 Å². The summed E-state index contributed by atoms with van der Waals surface area (Å²) in [5, 5.41) is 4.28. The molecule has 118 valence electrons. The van der Waals surface area contributed by atoms with Crippen molar-refractivity contribution in [2.45, 2.75) is 26.0 Å². The quantitative estimate of drug-likeness (QED) is 0.825. The van der Waals surface area contributed by atoms with Gasteiger partial charge < -0.3 is 14.8 Å². The van der Waals surface area contributed by atoms with E-state index in [4.69, 9.17) is 9.47 Å². The molecule has 0 aromatic carbocycles. The molecule has 0 bridgehead atoms. The Hall–Kier alpha value is -1.02. The molecule has 1 aromatic heterocycles. The molecule has 0 amide bonds. The molecule has 0 saturated carbocycles. The van der Waals surface area contributed by atoms with E-state index in [1.807, 2.05) is 0 Å². The third-order valence-corrected chi connectivity index (χ3v) is 5.17. The second-order valence-corrected chi connectivity index (χ2v) is 6.51. The number of rotatable bonds is 5. The molecule has 1 aromatic rings. The van der Waals surface area contributed by atoms with Crippen molar-refractivity contribution in [3.05, 3.63) is 15.6 Å². The first kappa shape index (κ1) is 16.4. The molecule has 6 nitrogen and oxygen atoms in total. The summed E-state index contributed by atoms with van der Waals surface area (Å²) in [7, 11) is 2.99. The zero-order chi connectivity index (χ0) is 15.5. The van der Waals surface area contributed by atoms with Crippen LogP contribution in [-0.2, 0) is 21.6 Å². The van der Waals surface area contributed by atoms with Gasteiger partial charge in [0.1, 0.15) is 9.88 Å². The van der Waals surface area contributed by atoms with Crippen LogP contribution >= 0.6 is 11.3 Å². The second-order valence-electron chi connectivity index (χ2n) is 5.52. The molecule has 0 atom stereocenters. The predicted octanol–water partition coefficient (Wildman–Crippen LogP) is 1.22. The third-order valence-electron chi connectivity index (χ3n) is 3.78. The van der Waals surface area contributed by atoms with Crippen molar-refractivity contribution >= 4 is 17.3 Å². The van der Waals surface area contributed by atoms with Crippen LogP contribution in [0, 0.1) is 0 Å². The first-order valence-corrected chi connectivity index (χ1v) is 7.85. The van der Waals surface area contributed by atoms with Gasteiger partial charge >= 0.3 is 5.97 Å². The highest BCUT2D eigenvalue weighted by Gasteiger charge is 2.34. The smallest absolute Gasteiger partial charge is 0.350 e. The Morgan fingerprint density at radius 1 is 1.38 bits per heavy atom. The van der Waals surface area contributed by atoms with Crippen molar-refractivity contribution in [3.63, 3.8) is 0 Å². The fourth-order valence-corrected chi connectivity index (χ4v) is 3.58. The molecule has 1 saturated heterocycles. The Morgan fingerprint density at radius 2 is 2.05 bits per heavy atom. The lowest BCUT2D eigenvalue weighted by atomic mass is 10.0. The molecule has 2 rings (SSSR count). The normalized spacial score (nSPS) is 17.0. The summed E-state index contributed by atoms with van der Waals surface area (Å²) in [5.74, 6) is -0.345. The van der Waals surface area contributed by atoms with Crippen molar-refractivity contribution in [1.29, 1.82) is 0 Å². The SMILES string of the molecule is COCc1nc(C(C)(C)N2CCNCC2)sc1C(=O)OC. The number of methoxy groups -OCH3 is 2. The molecule has 1 aliphatic rings. The molecule has 0 radical (unpaired) electrons. The third kappa shape index (κ3) is 3.42. The van der Waals surface area contributed by atoms with Gasteiger partial charge in [0.2, 0.25) is 0 Å². The van der Waals surface area contributed by atoms with E-state index in [0.717, 1.165) is 31.2 Å². The van der Waals surface area contributed by atoms with Crippen molar-refractivity contribution in [1.82, 2.24) is 15.2 Å². The summed E-state index contributed by atoms with van der Waals surface area (Å²) in [6.07, 6.45) is 0. The van der Waals surface area contributed by atoms with E-state index in [1.165, 1.54) is 18.4 Å². The highest BCUT2D eigenvalue weighted by atomic mass is 32.1. The first-order valence-electron chi connectivity index (χ1n) is 7.04. The minimum Gasteiger partial charge on any atom is -0.465 e. The van der Waals surface area contributed by atoms with Crippen molar-refractivity contribution in [2.75, 3.05) is 40.4 Å². The zero-order valence-corrected chi connectivity index (χ0v) is 13.9. The van der Waals surface area contributed by atoms with Gasteiger partial charge in [-0.1, -0.05) is 0 Å². The lowest BCUT2D eigenvalue weighted by Gasteiger charge is -2.39. The molecule has 1 fully saturated rings. The summed E-state index contributed by atoms with van der Waals surface area (Å²) in [4.78, 5) is 19.5. The summed E-state index contributed by atoms with van der Waals surface area (Å²) in [6.45, 7) is 8.51. The van der Waals surface area contributed by atoms with Crippen molar-refractivity contribution < 1.29 is 14.3 Å². The molecule has 2 heterocycles. The second kappa shape index (κ2) is 6.83. The predicted molar refractivity (Wildman–Crippen MR) is 81.6 cm³/mol. The average Bonchev–Trinajstić information content (AvgIpc) is 2.92. The van der Waals surface area contributed by atoms with E-state index in [2.05, 4.69) is 29.0 Å². The fraction of sp³-hybridized carbons (Fsp3) is 0.714. The number of esters is 1. The number of piperazine rings is 1. The van der Waals surface area contributed by atoms with Crippen LogP contribution in [0.4, 0.5) is 0 Å². The van der Waals surface area contributed by atoms with Crippen LogP contribution in [0.25, 0.3) is 0 Å². The molecular formula is C14H23N3O3S. The Morgan fingerprint density at radius 3 is 2.62 bits per heavy atom. The fourth-order valence-electron chi connectivity index (χ4n) is 2.46. The van der Waals surface area contributed by atoms with Crippen LogP contribution in [0.15, 0.2) is 0 Å². The van der Waals surface area contributed by atoms with Crippen LogP contribution in [0.5, 0.6) is 0 Å². The maximum Gasteiger partial charge on any atom is 0.350 e. The Bertz CT molecular complexity index is 496. The van der Waals surface area contributed by atoms with Crippen LogP contribution in [0.2, 0.25) is 0 Å². The molecule has 7 heteroatoms. The molecule has 0 unspecified atom stereocenters. The maximum absolute atomic E-state index is 11.9. The van der Waals surface area contributed by atoms with Gasteiger partial charge in [0.15, 0.2) is 0 Å². The number of ether oxygens (including phenoxy) is 2. The van der Waals surface area contributed by atoms with E-state index in [1.54, 1.807) is 7.11 Å². The topological polar surface area (TPSA) is 63.7 Å². The number of nitrogens with zero attached hydrogens (tertiary/aromatic N) is 2. The van der Waals surface area contributed by atoms with Gasteiger partial charge in [-0.2, -0.15) is 0 Å². The van der Waals surface area contributed by atoms with Crippen molar-refractivity contribution in [2.24, 2.45) is 0 Å². The molecule has 1 N–H and O–H groups in total. The van der Waals surface area contributed by atoms with Gasteiger partial charge in [0.25, 0.3) is 0 Å². The summed E-state index contributed by atoms with van der Waals surface area (Å²) < 4.78 is 9.99. The molecule has 0 spiro atoms.